The number of amides is 1. The molecule has 0 atom stereocenters. The van der Waals surface area contributed by atoms with E-state index in [0.717, 1.165) is 6.07 Å². The minimum absolute atomic E-state index is 0.0159. The smallest absolute Gasteiger partial charge is 0.253 e. The molecule has 3 nitrogen and oxygen atoms in total. The van der Waals surface area contributed by atoms with Gasteiger partial charge in [0.15, 0.2) is 11.6 Å². The van der Waals surface area contributed by atoms with Crippen LogP contribution >= 0.6 is 0 Å². The summed E-state index contributed by atoms with van der Waals surface area (Å²) in [7, 11) is 0. The first-order chi connectivity index (χ1) is 11.1. The zero-order valence-electron chi connectivity index (χ0n) is 12.7. The minimum atomic E-state index is -0.819. The van der Waals surface area contributed by atoms with Gasteiger partial charge in [-0.3, -0.25) is 9.69 Å². The molecule has 0 unspecified atom stereocenters. The first-order valence-corrected chi connectivity index (χ1v) is 7.65. The molecule has 2 aromatic rings. The highest BCUT2D eigenvalue weighted by Crippen LogP contribution is 2.16. The van der Waals surface area contributed by atoms with Crippen LogP contribution in [0.1, 0.15) is 15.9 Å². The number of carbonyl (C=O) groups excluding carboxylic acids is 1. The minimum Gasteiger partial charge on any atom is -0.336 e. The molecule has 1 saturated heterocycles. The Hall–Kier alpha value is -2.27. The molecule has 1 aliphatic heterocycles. The van der Waals surface area contributed by atoms with Gasteiger partial charge < -0.3 is 4.90 Å². The molecule has 1 aliphatic rings. The standard InChI is InChI=1S/C18H18F2N2O/c19-16-8-4-7-15(17(16)20)13-21-9-11-22(12-10-21)18(23)14-5-2-1-3-6-14/h1-8H,9-13H2. The van der Waals surface area contributed by atoms with Gasteiger partial charge in [0, 0.05) is 43.9 Å². The van der Waals surface area contributed by atoms with Crippen LogP contribution in [0.5, 0.6) is 0 Å². The number of rotatable bonds is 3. The monoisotopic (exact) mass is 316 g/mol. The molecule has 2 aromatic carbocycles. The lowest BCUT2D eigenvalue weighted by atomic mass is 10.1. The lowest BCUT2D eigenvalue weighted by molar-refractivity contribution is 0.0627. The molecule has 1 fully saturated rings. The highest BCUT2D eigenvalue weighted by Gasteiger charge is 2.22. The Morgan fingerprint density at radius 2 is 1.61 bits per heavy atom. The van der Waals surface area contributed by atoms with Gasteiger partial charge in [0.05, 0.1) is 0 Å². The second-order valence-corrected chi connectivity index (χ2v) is 5.65. The zero-order chi connectivity index (χ0) is 16.2. The summed E-state index contributed by atoms with van der Waals surface area (Å²) in [5.74, 6) is -1.59. The van der Waals surface area contributed by atoms with Gasteiger partial charge in [0.25, 0.3) is 5.91 Å². The van der Waals surface area contributed by atoms with Crippen molar-refractivity contribution >= 4 is 5.91 Å². The molecule has 0 aliphatic carbocycles. The van der Waals surface area contributed by atoms with Gasteiger partial charge in [-0.05, 0) is 18.2 Å². The Labute approximate surface area is 134 Å². The number of hydrogen-bond acceptors (Lipinski definition) is 2. The number of piperazine rings is 1. The number of benzene rings is 2. The molecule has 1 amide bonds. The third-order valence-electron chi connectivity index (χ3n) is 4.11. The van der Waals surface area contributed by atoms with E-state index in [4.69, 9.17) is 0 Å². The van der Waals surface area contributed by atoms with Crippen LogP contribution in [0, 0.1) is 11.6 Å². The van der Waals surface area contributed by atoms with Gasteiger partial charge >= 0.3 is 0 Å². The maximum atomic E-state index is 13.7. The zero-order valence-corrected chi connectivity index (χ0v) is 12.7. The predicted octanol–water partition coefficient (Wildman–Crippen LogP) is 2.92. The number of nitrogens with zero attached hydrogens (tertiary/aromatic N) is 2. The average molecular weight is 316 g/mol. The summed E-state index contributed by atoms with van der Waals surface area (Å²) in [6.07, 6.45) is 0. The van der Waals surface area contributed by atoms with E-state index in [-0.39, 0.29) is 5.91 Å². The molecule has 23 heavy (non-hydrogen) atoms. The van der Waals surface area contributed by atoms with E-state index < -0.39 is 11.6 Å². The van der Waals surface area contributed by atoms with Crippen molar-refractivity contribution < 1.29 is 13.6 Å². The van der Waals surface area contributed by atoms with Gasteiger partial charge in [-0.2, -0.15) is 0 Å². The first kappa shape index (κ1) is 15.6. The Kier molecular flexibility index (Phi) is 4.67. The summed E-state index contributed by atoms with van der Waals surface area (Å²) in [4.78, 5) is 16.2. The molecular weight excluding hydrogens is 298 g/mol. The lowest BCUT2D eigenvalue weighted by Gasteiger charge is -2.34. The van der Waals surface area contributed by atoms with Crippen molar-refractivity contribution in [3.05, 3.63) is 71.3 Å². The van der Waals surface area contributed by atoms with Crippen molar-refractivity contribution in [3.63, 3.8) is 0 Å². The first-order valence-electron chi connectivity index (χ1n) is 7.65. The second-order valence-electron chi connectivity index (χ2n) is 5.65. The van der Waals surface area contributed by atoms with Crippen molar-refractivity contribution in [2.75, 3.05) is 26.2 Å². The fourth-order valence-electron chi connectivity index (χ4n) is 2.78. The summed E-state index contributed by atoms with van der Waals surface area (Å²) in [5, 5.41) is 0. The largest absolute Gasteiger partial charge is 0.336 e. The molecule has 0 bridgehead atoms. The fourth-order valence-corrected chi connectivity index (χ4v) is 2.78. The van der Waals surface area contributed by atoms with Crippen LogP contribution in [0.4, 0.5) is 8.78 Å². The molecule has 3 rings (SSSR count). The molecule has 0 spiro atoms. The van der Waals surface area contributed by atoms with Gasteiger partial charge in [-0.25, -0.2) is 8.78 Å². The van der Waals surface area contributed by atoms with E-state index in [2.05, 4.69) is 0 Å². The van der Waals surface area contributed by atoms with Crippen LogP contribution in [-0.4, -0.2) is 41.9 Å². The van der Waals surface area contributed by atoms with Crippen LogP contribution in [-0.2, 0) is 6.54 Å². The maximum absolute atomic E-state index is 13.7. The Bertz CT molecular complexity index is 683. The Morgan fingerprint density at radius 3 is 2.30 bits per heavy atom. The molecule has 1 heterocycles. The van der Waals surface area contributed by atoms with Gasteiger partial charge in [0.1, 0.15) is 0 Å². The van der Waals surface area contributed by atoms with Crippen molar-refractivity contribution in [3.8, 4) is 0 Å². The number of carbonyl (C=O) groups is 1. The number of halogens is 2. The van der Waals surface area contributed by atoms with Gasteiger partial charge in [-0.1, -0.05) is 30.3 Å². The van der Waals surface area contributed by atoms with Crippen molar-refractivity contribution in [2.45, 2.75) is 6.54 Å². The van der Waals surface area contributed by atoms with E-state index >= 15 is 0 Å². The van der Waals surface area contributed by atoms with E-state index in [1.807, 2.05) is 23.1 Å². The van der Waals surface area contributed by atoms with Crippen molar-refractivity contribution in [1.82, 2.24) is 9.80 Å². The maximum Gasteiger partial charge on any atom is 0.253 e. The van der Waals surface area contributed by atoms with Crippen molar-refractivity contribution in [1.29, 1.82) is 0 Å². The lowest BCUT2D eigenvalue weighted by Crippen LogP contribution is -2.48. The molecule has 0 saturated carbocycles. The summed E-state index contributed by atoms with van der Waals surface area (Å²) >= 11 is 0. The molecule has 5 heteroatoms. The molecule has 0 aromatic heterocycles. The predicted molar refractivity (Wildman–Crippen MR) is 84.0 cm³/mol. The Morgan fingerprint density at radius 1 is 0.913 bits per heavy atom. The third kappa shape index (κ3) is 3.56. The van der Waals surface area contributed by atoms with Crippen molar-refractivity contribution in [2.24, 2.45) is 0 Å². The second kappa shape index (κ2) is 6.87. The summed E-state index contributed by atoms with van der Waals surface area (Å²) < 4.78 is 27.0. The van der Waals surface area contributed by atoms with E-state index in [1.54, 1.807) is 23.1 Å². The topological polar surface area (TPSA) is 23.6 Å². The highest BCUT2D eigenvalue weighted by molar-refractivity contribution is 5.94. The SMILES string of the molecule is O=C(c1ccccc1)N1CCN(Cc2cccc(F)c2F)CC1. The highest BCUT2D eigenvalue weighted by atomic mass is 19.2. The van der Waals surface area contributed by atoms with Crippen LogP contribution < -0.4 is 0 Å². The van der Waals surface area contributed by atoms with Crippen LogP contribution in [0.25, 0.3) is 0 Å². The summed E-state index contributed by atoms with van der Waals surface area (Å²) in [6, 6.07) is 13.4. The van der Waals surface area contributed by atoms with Crippen LogP contribution in [0.3, 0.4) is 0 Å². The Balaban J connectivity index is 1.58. The van der Waals surface area contributed by atoms with Crippen LogP contribution in [0.15, 0.2) is 48.5 Å². The average Bonchev–Trinajstić information content (AvgIpc) is 2.60. The van der Waals surface area contributed by atoms with E-state index in [0.29, 0.717) is 43.9 Å². The molecule has 120 valence electrons. The van der Waals surface area contributed by atoms with E-state index in [1.165, 1.54) is 6.07 Å². The number of hydrogen-bond donors (Lipinski definition) is 0. The normalized spacial score (nSPS) is 15.7. The van der Waals surface area contributed by atoms with Gasteiger partial charge in [-0.15, -0.1) is 0 Å². The summed E-state index contributed by atoms with van der Waals surface area (Å²) in [6.45, 7) is 2.83. The fraction of sp³-hybridized carbons (Fsp3) is 0.278. The van der Waals surface area contributed by atoms with Crippen LogP contribution in [0.2, 0.25) is 0 Å². The molecule has 0 N–H and O–H groups in total. The summed E-state index contributed by atoms with van der Waals surface area (Å²) in [5.41, 5.74) is 1.03. The quantitative estimate of drug-likeness (QED) is 0.869. The molecular formula is C18H18F2N2O. The van der Waals surface area contributed by atoms with Gasteiger partial charge in [0.2, 0.25) is 0 Å². The van der Waals surface area contributed by atoms with E-state index in [9.17, 15) is 13.6 Å². The molecule has 0 radical (unpaired) electrons. The third-order valence-corrected chi connectivity index (χ3v) is 4.11.